The number of nitrogens with one attached hydrogen (secondary N) is 1. The molecule has 23 heavy (non-hydrogen) atoms. The van der Waals surface area contributed by atoms with Crippen molar-refractivity contribution in [3.63, 3.8) is 0 Å². The largest absolute Gasteiger partial charge is 0.504 e. The van der Waals surface area contributed by atoms with Crippen LogP contribution in [0.5, 0.6) is 11.5 Å². The van der Waals surface area contributed by atoms with Crippen molar-refractivity contribution in [1.82, 2.24) is 5.32 Å². The van der Waals surface area contributed by atoms with Gasteiger partial charge in [0.2, 0.25) is 0 Å². The van der Waals surface area contributed by atoms with Gasteiger partial charge >= 0.3 is 0 Å². The Hall–Kier alpha value is -1.56. The summed E-state index contributed by atoms with van der Waals surface area (Å²) < 4.78 is 5.24. The molecule has 0 bridgehead atoms. The van der Waals surface area contributed by atoms with E-state index in [1.807, 2.05) is 31.3 Å². The van der Waals surface area contributed by atoms with Crippen LogP contribution in [-0.2, 0) is 0 Å². The molecule has 0 fully saturated rings. The van der Waals surface area contributed by atoms with Gasteiger partial charge in [-0.1, -0.05) is 23.4 Å². The average Bonchev–Trinajstić information content (AvgIpc) is 2.54. The van der Waals surface area contributed by atoms with Crippen LogP contribution in [0.1, 0.15) is 6.42 Å². The molecule has 0 spiro atoms. The fourth-order valence-electron chi connectivity index (χ4n) is 2.69. The molecular formula is C17H19ClN2O2S. The standard InChI is InChI=1S/C17H19ClN2O2S/c1-19-6-3-7-20-12-8-11(18)4-5-16(12)23-17-10-15(22-2)14(21)9-13(17)20/h4-5,8-10,19,21H,3,6-7H2,1-2H3. The van der Waals surface area contributed by atoms with Gasteiger partial charge in [0.1, 0.15) is 0 Å². The predicted molar refractivity (Wildman–Crippen MR) is 95.8 cm³/mol. The molecule has 0 radical (unpaired) electrons. The average molecular weight is 351 g/mol. The van der Waals surface area contributed by atoms with E-state index >= 15 is 0 Å². The highest BCUT2D eigenvalue weighted by Gasteiger charge is 2.25. The predicted octanol–water partition coefficient (Wildman–Crippen LogP) is 4.27. The first kappa shape index (κ1) is 16.3. The Labute approximate surface area is 145 Å². The fourth-order valence-corrected chi connectivity index (χ4v) is 3.94. The minimum atomic E-state index is 0.149. The molecule has 0 unspecified atom stereocenters. The van der Waals surface area contributed by atoms with Gasteiger partial charge in [-0.2, -0.15) is 0 Å². The van der Waals surface area contributed by atoms with Crippen LogP contribution in [-0.4, -0.2) is 32.4 Å². The second kappa shape index (κ2) is 6.91. The van der Waals surface area contributed by atoms with E-state index in [0.717, 1.165) is 40.7 Å². The molecule has 1 aliphatic heterocycles. The van der Waals surface area contributed by atoms with E-state index in [1.54, 1.807) is 24.9 Å². The van der Waals surface area contributed by atoms with Gasteiger partial charge in [-0.3, -0.25) is 0 Å². The van der Waals surface area contributed by atoms with E-state index in [2.05, 4.69) is 10.2 Å². The van der Waals surface area contributed by atoms with Crippen LogP contribution >= 0.6 is 23.4 Å². The van der Waals surface area contributed by atoms with Crippen LogP contribution in [0.15, 0.2) is 40.1 Å². The molecule has 4 nitrogen and oxygen atoms in total. The first-order valence-corrected chi connectivity index (χ1v) is 8.64. The van der Waals surface area contributed by atoms with Crippen molar-refractivity contribution >= 4 is 34.7 Å². The Balaban J connectivity index is 2.06. The van der Waals surface area contributed by atoms with Crippen LogP contribution in [0.25, 0.3) is 0 Å². The van der Waals surface area contributed by atoms with Gasteiger partial charge in [0.15, 0.2) is 11.5 Å². The van der Waals surface area contributed by atoms with Crippen LogP contribution in [0, 0.1) is 0 Å². The molecular weight excluding hydrogens is 332 g/mol. The monoisotopic (exact) mass is 350 g/mol. The summed E-state index contributed by atoms with van der Waals surface area (Å²) >= 11 is 7.86. The van der Waals surface area contributed by atoms with Crippen molar-refractivity contribution in [2.24, 2.45) is 0 Å². The number of benzene rings is 2. The van der Waals surface area contributed by atoms with Crippen molar-refractivity contribution in [3.05, 3.63) is 35.4 Å². The Bertz CT molecular complexity index is 724. The highest BCUT2D eigenvalue weighted by molar-refractivity contribution is 7.99. The van der Waals surface area contributed by atoms with Crippen LogP contribution in [0.2, 0.25) is 5.02 Å². The van der Waals surface area contributed by atoms with E-state index < -0.39 is 0 Å². The molecule has 0 aliphatic carbocycles. The second-order valence-corrected chi connectivity index (χ2v) is 6.83. The SMILES string of the molecule is CNCCCN1c2cc(Cl)ccc2Sc2cc(OC)c(O)cc21. The summed E-state index contributed by atoms with van der Waals surface area (Å²) in [6.45, 7) is 1.77. The summed E-state index contributed by atoms with van der Waals surface area (Å²) in [5.74, 6) is 0.639. The highest BCUT2D eigenvalue weighted by Crippen LogP contribution is 2.51. The summed E-state index contributed by atoms with van der Waals surface area (Å²) in [6, 6.07) is 9.58. The molecule has 6 heteroatoms. The number of methoxy groups -OCH3 is 1. The van der Waals surface area contributed by atoms with Crippen LogP contribution in [0.3, 0.4) is 0 Å². The minimum absolute atomic E-state index is 0.149. The number of hydrogen-bond donors (Lipinski definition) is 2. The van der Waals surface area contributed by atoms with Gasteiger partial charge in [0, 0.05) is 33.5 Å². The number of hydrogen-bond acceptors (Lipinski definition) is 5. The first-order valence-electron chi connectivity index (χ1n) is 7.44. The summed E-state index contributed by atoms with van der Waals surface area (Å²) in [5, 5.41) is 14.0. The number of aromatic hydroxyl groups is 1. The summed E-state index contributed by atoms with van der Waals surface area (Å²) in [7, 11) is 3.51. The van der Waals surface area contributed by atoms with Gasteiger partial charge in [-0.05, 0) is 38.2 Å². The maximum Gasteiger partial charge on any atom is 0.161 e. The van der Waals surface area contributed by atoms with E-state index in [4.69, 9.17) is 16.3 Å². The Morgan fingerprint density at radius 1 is 1.22 bits per heavy atom. The molecule has 0 amide bonds. The topological polar surface area (TPSA) is 44.7 Å². The third-order valence-corrected chi connectivity index (χ3v) is 5.14. The zero-order valence-electron chi connectivity index (χ0n) is 13.1. The molecule has 1 aliphatic rings. The number of halogens is 1. The van der Waals surface area contributed by atoms with Crippen LogP contribution < -0.4 is 15.0 Å². The lowest BCUT2D eigenvalue weighted by molar-refractivity contribution is 0.372. The molecule has 0 atom stereocenters. The van der Waals surface area contributed by atoms with Crippen molar-refractivity contribution in [2.75, 3.05) is 32.1 Å². The second-order valence-electron chi connectivity index (χ2n) is 5.31. The quantitative estimate of drug-likeness (QED) is 0.788. The number of fused-ring (bicyclic) bond motifs is 2. The van der Waals surface area contributed by atoms with E-state index in [9.17, 15) is 5.11 Å². The van der Waals surface area contributed by atoms with E-state index in [0.29, 0.717) is 10.8 Å². The first-order chi connectivity index (χ1) is 11.1. The number of phenolic OH excluding ortho intramolecular Hbond substituents is 1. The lowest BCUT2D eigenvalue weighted by Crippen LogP contribution is -2.24. The van der Waals surface area contributed by atoms with E-state index in [1.165, 1.54) is 0 Å². The van der Waals surface area contributed by atoms with Gasteiger partial charge < -0.3 is 20.1 Å². The fraction of sp³-hybridized carbons (Fsp3) is 0.294. The van der Waals surface area contributed by atoms with Gasteiger partial charge in [-0.15, -0.1) is 0 Å². The maximum atomic E-state index is 10.2. The van der Waals surface area contributed by atoms with Crippen LogP contribution in [0.4, 0.5) is 11.4 Å². The molecule has 2 N–H and O–H groups in total. The smallest absolute Gasteiger partial charge is 0.161 e. The van der Waals surface area contributed by atoms with Crippen molar-refractivity contribution in [2.45, 2.75) is 16.2 Å². The number of ether oxygens (including phenoxy) is 1. The van der Waals surface area contributed by atoms with Gasteiger partial charge in [-0.25, -0.2) is 0 Å². The van der Waals surface area contributed by atoms with E-state index in [-0.39, 0.29) is 5.75 Å². The van der Waals surface area contributed by atoms with Crippen molar-refractivity contribution < 1.29 is 9.84 Å². The maximum absolute atomic E-state index is 10.2. The molecule has 1 heterocycles. The molecule has 0 aromatic heterocycles. The molecule has 2 aromatic rings. The minimum Gasteiger partial charge on any atom is -0.504 e. The molecule has 122 valence electrons. The molecule has 0 saturated carbocycles. The normalized spacial score (nSPS) is 12.7. The summed E-state index contributed by atoms with van der Waals surface area (Å²) in [4.78, 5) is 4.43. The molecule has 0 saturated heterocycles. The van der Waals surface area contributed by atoms with Crippen molar-refractivity contribution in [3.8, 4) is 11.5 Å². The highest BCUT2D eigenvalue weighted by atomic mass is 35.5. The third-order valence-electron chi connectivity index (χ3n) is 3.79. The number of phenols is 1. The van der Waals surface area contributed by atoms with Gasteiger partial charge in [0.25, 0.3) is 0 Å². The number of anilines is 2. The number of nitrogens with zero attached hydrogens (tertiary/aromatic N) is 1. The Morgan fingerprint density at radius 3 is 2.74 bits per heavy atom. The zero-order valence-corrected chi connectivity index (χ0v) is 14.7. The van der Waals surface area contributed by atoms with Gasteiger partial charge in [0.05, 0.1) is 18.5 Å². The lowest BCUT2D eigenvalue weighted by atomic mass is 10.2. The zero-order chi connectivity index (χ0) is 16.4. The lowest BCUT2D eigenvalue weighted by Gasteiger charge is -2.33. The molecule has 2 aromatic carbocycles. The third kappa shape index (κ3) is 3.22. The molecule has 3 rings (SSSR count). The number of rotatable bonds is 5. The Morgan fingerprint density at radius 2 is 2.00 bits per heavy atom. The summed E-state index contributed by atoms with van der Waals surface area (Å²) in [6.07, 6.45) is 0.985. The summed E-state index contributed by atoms with van der Waals surface area (Å²) in [5.41, 5.74) is 2.06. The Kier molecular flexibility index (Phi) is 4.90. The van der Waals surface area contributed by atoms with Crippen molar-refractivity contribution in [1.29, 1.82) is 0 Å².